The summed E-state index contributed by atoms with van der Waals surface area (Å²) in [6, 6.07) is 9.38. The summed E-state index contributed by atoms with van der Waals surface area (Å²) in [7, 11) is 0. The molecule has 0 aliphatic carbocycles. The van der Waals surface area contributed by atoms with Crippen LogP contribution in [0.25, 0.3) is 0 Å². The molecule has 1 heterocycles. The van der Waals surface area contributed by atoms with Crippen molar-refractivity contribution in [3.05, 3.63) is 35.9 Å². The number of ether oxygens (including phenoxy) is 2. The lowest BCUT2D eigenvalue weighted by Gasteiger charge is -2.22. The number of hydrogen-bond acceptors (Lipinski definition) is 3. The molecule has 15 heavy (non-hydrogen) atoms. The lowest BCUT2D eigenvalue weighted by molar-refractivity contribution is -0.165. The van der Waals surface area contributed by atoms with Gasteiger partial charge in [0.25, 0.3) is 0 Å². The Bertz CT molecular complexity index is 383. The number of cyclic esters (lactones) is 1. The minimum Gasteiger partial charge on any atom is -0.431 e. The Labute approximate surface area is 89.0 Å². The number of rotatable bonds is 1. The van der Waals surface area contributed by atoms with E-state index in [1.165, 1.54) is 0 Å². The van der Waals surface area contributed by atoms with Crippen LogP contribution in [0.3, 0.4) is 0 Å². The summed E-state index contributed by atoms with van der Waals surface area (Å²) in [5, 5.41) is 0. The van der Waals surface area contributed by atoms with E-state index in [2.05, 4.69) is 0 Å². The summed E-state index contributed by atoms with van der Waals surface area (Å²) in [4.78, 5) is 11.8. The van der Waals surface area contributed by atoms with Crippen LogP contribution in [0.4, 0.5) is 0 Å². The molecule has 0 amide bonds. The van der Waals surface area contributed by atoms with Crippen molar-refractivity contribution in [2.75, 3.05) is 0 Å². The molecule has 1 aliphatic heterocycles. The van der Waals surface area contributed by atoms with Crippen LogP contribution in [0.15, 0.2) is 30.3 Å². The van der Waals surface area contributed by atoms with Crippen molar-refractivity contribution in [2.24, 2.45) is 0 Å². The largest absolute Gasteiger partial charge is 0.431 e. The van der Waals surface area contributed by atoms with E-state index < -0.39 is 11.4 Å². The van der Waals surface area contributed by atoms with Crippen LogP contribution in [0.2, 0.25) is 0 Å². The third-order valence-corrected chi connectivity index (χ3v) is 2.50. The molecule has 0 N–H and O–H groups in total. The minimum absolute atomic E-state index is 0.335. The molecule has 0 bridgehead atoms. The SMILES string of the molecule is CC1(C)OC(=O)[C@](C)(c2ccccc2)O1. The van der Waals surface area contributed by atoms with Crippen LogP contribution < -0.4 is 0 Å². The van der Waals surface area contributed by atoms with E-state index >= 15 is 0 Å². The zero-order chi connectivity index (χ0) is 11.1. The van der Waals surface area contributed by atoms with Gasteiger partial charge < -0.3 is 9.47 Å². The predicted octanol–water partition coefficient (Wildman–Crippen LogP) is 2.21. The number of carbonyl (C=O) groups is 1. The Kier molecular flexibility index (Phi) is 2.08. The summed E-state index contributed by atoms with van der Waals surface area (Å²) in [6.45, 7) is 5.21. The Morgan fingerprint density at radius 2 is 1.67 bits per heavy atom. The standard InChI is InChI=1S/C12H14O3/c1-11(2)14-10(13)12(3,15-11)9-7-5-4-6-8-9/h4-8H,1-3H3/t12-/m0/s1. The van der Waals surface area contributed by atoms with E-state index in [-0.39, 0.29) is 5.97 Å². The average molecular weight is 206 g/mol. The monoisotopic (exact) mass is 206 g/mol. The van der Waals surface area contributed by atoms with Crippen molar-refractivity contribution >= 4 is 5.97 Å². The lowest BCUT2D eigenvalue weighted by Crippen LogP contribution is -2.30. The van der Waals surface area contributed by atoms with Gasteiger partial charge in [0.1, 0.15) is 0 Å². The first-order valence-corrected chi connectivity index (χ1v) is 4.93. The second-order valence-corrected chi connectivity index (χ2v) is 4.29. The van der Waals surface area contributed by atoms with Gasteiger partial charge in [0.2, 0.25) is 5.79 Å². The van der Waals surface area contributed by atoms with Crippen LogP contribution in [-0.4, -0.2) is 11.8 Å². The van der Waals surface area contributed by atoms with E-state index in [0.717, 1.165) is 5.56 Å². The molecule has 0 unspecified atom stereocenters. The number of carbonyl (C=O) groups excluding carboxylic acids is 1. The summed E-state index contributed by atoms with van der Waals surface area (Å²) in [6.07, 6.45) is 0. The van der Waals surface area contributed by atoms with Crippen molar-refractivity contribution in [3.63, 3.8) is 0 Å². The first kappa shape index (κ1) is 10.2. The predicted molar refractivity (Wildman–Crippen MR) is 55.1 cm³/mol. The summed E-state index contributed by atoms with van der Waals surface area (Å²) in [5.41, 5.74) is -0.161. The molecule has 80 valence electrons. The third kappa shape index (κ3) is 1.63. The molecule has 2 rings (SSSR count). The normalized spacial score (nSPS) is 28.9. The van der Waals surface area contributed by atoms with Gasteiger partial charge in [-0.05, 0) is 12.5 Å². The second-order valence-electron chi connectivity index (χ2n) is 4.29. The molecular formula is C12H14O3. The smallest absolute Gasteiger partial charge is 0.345 e. The molecule has 1 aromatic rings. The highest BCUT2D eigenvalue weighted by molar-refractivity contribution is 5.82. The first-order chi connectivity index (χ1) is 6.94. The highest BCUT2D eigenvalue weighted by atomic mass is 16.8. The van der Waals surface area contributed by atoms with E-state index in [0.29, 0.717) is 0 Å². The Hall–Kier alpha value is -1.35. The van der Waals surface area contributed by atoms with Gasteiger partial charge in [0, 0.05) is 13.8 Å². The highest BCUT2D eigenvalue weighted by Crippen LogP contribution is 2.39. The zero-order valence-electron chi connectivity index (χ0n) is 9.11. The number of benzene rings is 1. The molecule has 1 fully saturated rings. The van der Waals surface area contributed by atoms with Gasteiger partial charge in [-0.15, -0.1) is 0 Å². The molecule has 1 atom stereocenters. The van der Waals surface area contributed by atoms with Crippen LogP contribution in [0, 0.1) is 0 Å². The number of esters is 1. The van der Waals surface area contributed by atoms with Gasteiger partial charge in [0.15, 0.2) is 5.60 Å². The Morgan fingerprint density at radius 3 is 2.13 bits per heavy atom. The minimum atomic E-state index is -0.981. The third-order valence-electron chi connectivity index (χ3n) is 2.50. The van der Waals surface area contributed by atoms with E-state index in [9.17, 15) is 4.79 Å². The fraction of sp³-hybridized carbons (Fsp3) is 0.417. The van der Waals surface area contributed by atoms with Crippen LogP contribution in [0.1, 0.15) is 26.3 Å². The molecule has 1 saturated heterocycles. The summed E-state index contributed by atoms with van der Waals surface area (Å²) >= 11 is 0. The maximum absolute atomic E-state index is 11.8. The molecule has 1 aliphatic rings. The fourth-order valence-electron chi connectivity index (χ4n) is 1.81. The van der Waals surface area contributed by atoms with Crippen molar-refractivity contribution < 1.29 is 14.3 Å². The Morgan fingerprint density at radius 1 is 1.07 bits per heavy atom. The van der Waals surface area contributed by atoms with Crippen LogP contribution >= 0.6 is 0 Å². The highest BCUT2D eigenvalue weighted by Gasteiger charge is 2.51. The van der Waals surface area contributed by atoms with Gasteiger partial charge in [-0.2, -0.15) is 0 Å². The topological polar surface area (TPSA) is 35.5 Å². The first-order valence-electron chi connectivity index (χ1n) is 4.93. The van der Waals surface area contributed by atoms with E-state index in [1.54, 1.807) is 20.8 Å². The molecule has 0 saturated carbocycles. The van der Waals surface area contributed by atoms with Gasteiger partial charge in [-0.3, -0.25) is 0 Å². The van der Waals surface area contributed by atoms with Gasteiger partial charge >= 0.3 is 5.97 Å². The molecule has 0 radical (unpaired) electrons. The van der Waals surface area contributed by atoms with Gasteiger partial charge in [-0.25, -0.2) is 4.79 Å². The van der Waals surface area contributed by atoms with Crippen molar-refractivity contribution in [3.8, 4) is 0 Å². The van der Waals surface area contributed by atoms with Crippen molar-refractivity contribution in [1.82, 2.24) is 0 Å². The summed E-state index contributed by atoms with van der Waals surface area (Å²) < 4.78 is 10.8. The Balaban J connectivity index is 2.41. The van der Waals surface area contributed by atoms with Gasteiger partial charge in [0.05, 0.1) is 0 Å². The van der Waals surface area contributed by atoms with Crippen LogP contribution in [0.5, 0.6) is 0 Å². The molecule has 0 aromatic heterocycles. The quantitative estimate of drug-likeness (QED) is 0.661. The lowest BCUT2D eigenvalue weighted by atomic mass is 9.96. The molecule has 3 nitrogen and oxygen atoms in total. The molecule has 0 spiro atoms. The second kappa shape index (κ2) is 3.07. The van der Waals surface area contributed by atoms with Crippen LogP contribution in [-0.2, 0) is 19.9 Å². The van der Waals surface area contributed by atoms with Crippen molar-refractivity contribution in [1.29, 1.82) is 0 Å². The average Bonchev–Trinajstić information content (AvgIpc) is 2.38. The van der Waals surface area contributed by atoms with Crippen molar-refractivity contribution in [2.45, 2.75) is 32.2 Å². The molecule has 1 aromatic carbocycles. The maximum Gasteiger partial charge on any atom is 0.345 e. The summed E-state index contributed by atoms with van der Waals surface area (Å²) in [5.74, 6) is -1.18. The van der Waals surface area contributed by atoms with E-state index in [1.807, 2.05) is 30.3 Å². The molecule has 3 heteroatoms. The maximum atomic E-state index is 11.8. The zero-order valence-corrected chi connectivity index (χ0v) is 9.11. The van der Waals surface area contributed by atoms with E-state index in [4.69, 9.17) is 9.47 Å². The van der Waals surface area contributed by atoms with Gasteiger partial charge in [-0.1, -0.05) is 30.3 Å². The molecular weight excluding hydrogens is 192 g/mol. The fourth-order valence-corrected chi connectivity index (χ4v) is 1.81. The number of hydrogen-bond donors (Lipinski definition) is 0.